The van der Waals surface area contributed by atoms with Crippen molar-refractivity contribution in [3.63, 3.8) is 0 Å². The van der Waals surface area contributed by atoms with E-state index in [1.807, 2.05) is 31.2 Å². The summed E-state index contributed by atoms with van der Waals surface area (Å²) in [6.07, 6.45) is 0. The van der Waals surface area contributed by atoms with Crippen molar-refractivity contribution in [2.45, 2.75) is 19.8 Å². The lowest BCUT2D eigenvalue weighted by atomic mass is 10.00. The van der Waals surface area contributed by atoms with Gasteiger partial charge in [0.15, 0.2) is 0 Å². The summed E-state index contributed by atoms with van der Waals surface area (Å²) in [5.41, 5.74) is 1.96. The maximum absolute atomic E-state index is 10.6. The molecular weight excluding hydrogens is 152 g/mol. The summed E-state index contributed by atoms with van der Waals surface area (Å²) in [5, 5.41) is 8.73. The van der Waals surface area contributed by atoms with Crippen molar-refractivity contribution in [1.82, 2.24) is 0 Å². The van der Waals surface area contributed by atoms with Crippen molar-refractivity contribution in [2.75, 3.05) is 0 Å². The lowest BCUT2D eigenvalue weighted by Gasteiger charge is -2.06. The Hall–Kier alpha value is -1.31. The van der Waals surface area contributed by atoms with Crippen LogP contribution in [0.25, 0.3) is 0 Å². The zero-order chi connectivity index (χ0) is 9.14. The fourth-order valence-corrected chi connectivity index (χ4v) is 1.08. The summed E-state index contributed by atoms with van der Waals surface area (Å²) in [7, 11) is 0. The normalized spacial score (nSPS) is 12.5. The van der Waals surface area contributed by atoms with Crippen LogP contribution < -0.4 is 0 Å². The fraction of sp³-hybridized carbons (Fsp3) is 0.300. The minimum absolute atomic E-state index is 0.412. The van der Waals surface area contributed by atoms with Crippen LogP contribution in [-0.4, -0.2) is 11.1 Å². The van der Waals surface area contributed by atoms with Crippen LogP contribution in [-0.2, 0) is 4.79 Å². The van der Waals surface area contributed by atoms with E-state index in [4.69, 9.17) is 5.11 Å². The zero-order valence-electron chi connectivity index (χ0n) is 7.24. The molecule has 0 amide bonds. The quantitative estimate of drug-likeness (QED) is 0.727. The molecule has 0 heterocycles. The van der Waals surface area contributed by atoms with E-state index in [2.05, 4.69) is 0 Å². The first-order chi connectivity index (χ1) is 5.61. The monoisotopic (exact) mass is 164 g/mol. The van der Waals surface area contributed by atoms with Gasteiger partial charge in [-0.1, -0.05) is 29.8 Å². The smallest absolute Gasteiger partial charge is 0.310 e. The lowest BCUT2D eigenvalue weighted by molar-refractivity contribution is -0.138. The maximum Gasteiger partial charge on any atom is 0.310 e. The van der Waals surface area contributed by atoms with Crippen LogP contribution in [0.4, 0.5) is 0 Å². The molecule has 0 bridgehead atoms. The van der Waals surface area contributed by atoms with E-state index in [-0.39, 0.29) is 0 Å². The van der Waals surface area contributed by atoms with Crippen molar-refractivity contribution in [2.24, 2.45) is 0 Å². The predicted molar refractivity (Wildman–Crippen MR) is 47.2 cm³/mol. The average Bonchev–Trinajstić information content (AvgIpc) is 2.03. The molecule has 0 radical (unpaired) electrons. The molecule has 1 N–H and O–H groups in total. The van der Waals surface area contributed by atoms with E-state index < -0.39 is 11.9 Å². The molecule has 1 aromatic rings. The maximum atomic E-state index is 10.6. The Morgan fingerprint density at radius 1 is 1.50 bits per heavy atom. The highest BCUT2D eigenvalue weighted by Crippen LogP contribution is 2.15. The molecule has 0 saturated heterocycles. The minimum atomic E-state index is -0.777. The standard InChI is InChI=1S/C10H12O2/c1-7-4-3-5-9(6-7)8(2)10(11)12/h3-6,8H,1-2H3,(H,11,12)/t8-/m1/s1. The van der Waals surface area contributed by atoms with E-state index in [0.717, 1.165) is 11.1 Å². The fourth-order valence-electron chi connectivity index (χ4n) is 1.08. The second kappa shape index (κ2) is 3.39. The van der Waals surface area contributed by atoms with Gasteiger partial charge in [-0.25, -0.2) is 0 Å². The Morgan fingerprint density at radius 3 is 2.67 bits per heavy atom. The molecule has 1 aromatic carbocycles. The number of carboxylic acids is 1. The molecule has 1 atom stereocenters. The third-order valence-electron chi connectivity index (χ3n) is 1.91. The van der Waals surface area contributed by atoms with Gasteiger partial charge in [0.2, 0.25) is 0 Å². The predicted octanol–water partition coefficient (Wildman–Crippen LogP) is 2.18. The third kappa shape index (κ3) is 1.84. The van der Waals surface area contributed by atoms with Gasteiger partial charge in [0.05, 0.1) is 5.92 Å². The first-order valence-corrected chi connectivity index (χ1v) is 3.90. The number of carboxylic acid groups (broad SMARTS) is 1. The molecule has 64 valence electrons. The Kier molecular flexibility index (Phi) is 2.48. The van der Waals surface area contributed by atoms with Crippen LogP contribution in [0.15, 0.2) is 24.3 Å². The van der Waals surface area contributed by atoms with Crippen LogP contribution in [0.3, 0.4) is 0 Å². The molecule has 1 rings (SSSR count). The summed E-state index contributed by atoms with van der Waals surface area (Å²) >= 11 is 0. The highest BCUT2D eigenvalue weighted by atomic mass is 16.4. The second-order valence-electron chi connectivity index (χ2n) is 2.97. The summed E-state index contributed by atoms with van der Waals surface area (Å²) in [5.74, 6) is -1.19. The minimum Gasteiger partial charge on any atom is -0.481 e. The van der Waals surface area contributed by atoms with Crippen molar-refractivity contribution in [3.05, 3.63) is 35.4 Å². The van der Waals surface area contributed by atoms with Gasteiger partial charge in [-0.05, 0) is 19.4 Å². The van der Waals surface area contributed by atoms with E-state index in [0.29, 0.717) is 0 Å². The molecule has 0 aliphatic rings. The van der Waals surface area contributed by atoms with Gasteiger partial charge < -0.3 is 5.11 Å². The van der Waals surface area contributed by atoms with Gasteiger partial charge in [0, 0.05) is 0 Å². The van der Waals surface area contributed by atoms with Crippen LogP contribution in [0.5, 0.6) is 0 Å². The number of benzene rings is 1. The van der Waals surface area contributed by atoms with Gasteiger partial charge in [-0.15, -0.1) is 0 Å². The van der Waals surface area contributed by atoms with E-state index in [9.17, 15) is 4.79 Å². The summed E-state index contributed by atoms with van der Waals surface area (Å²) < 4.78 is 0. The van der Waals surface area contributed by atoms with Crippen LogP contribution in [0.2, 0.25) is 0 Å². The SMILES string of the molecule is Cc1cccc([C@@H](C)C(=O)O)c1. The van der Waals surface area contributed by atoms with Crippen LogP contribution in [0.1, 0.15) is 24.0 Å². The average molecular weight is 164 g/mol. The number of carbonyl (C=O) groups is 1. The number of rotatable bonds is 2. The van der Waals surface area contributed by atoms with E-state index in [1.54, 1.807) is 6.92 Å². The molecule has 0 aliphatic carbocycles. The Balaban J connectivity index is 2.95. The zero-order valence-corrected chi connectivity index (χ0v) is 7.24. The Labute approximate surface area is 71.8 Å². The second-order valence-corrected chi connectivity index (χ2v) is 2.97. The highest BCUT2D eigenvalue weighted by molar-refractivity contribution is 5.75. The number of hydrogen-bond acceptors (Lipinski definition) is 1. The lowest BCUT2D eigenvalue weighted by Crippen LogP contribution is -2.07. The van der Waals surface area contributed by atoms with Crippen LogP contribution >= 0.6 is 0 Å². The Morgan fingerprint density at radius 2 is 2.17 bits per heavy atom. The van der Waals surface area contributed by atoms with E-state index in [1.165, 1.54) is 0 Å². The molecular formula is C10H12O2. The van der Waals surface area contributed by atoms with Crippen molar-refractivity contribution < 1.29 is 9.90 Å². The van der Waals surface area contributed by atoms with Gasteiger partial charge in [-0.3, -0.25) is 4.79 Å². The van der Waals surface area contributed by atoms with E-state index >= 15 is 0 Å². The molecule has 0 saturated carbocycles. The molecule has 12 heavy (non-hydrogen) atoms. The molecule has 2 nitrogen and oxygen atoms in total. The highest BCUT2D eigenvalue weighted by Gasteiger charge is 2.12. The van der Waals surface area contributed by atoms with Gasteiger partial charge >= 0.3 is 5.97 Å². The molecule has 0 fully saturated rings. The third-order valence-corrected chi connectivity index (χ3v) is 1.91. The molecule has 0 aromatic heterocycles. The van der Waals surface area contributed by atoms with Crippen molar-refractivity contribution >= 4 is 5.97 Å². The van der Waals surface area contributed by atoms with Gasteiger partial charge in [-0.2, -0.15) is 0 Å². The molecule has 0 aliphatic heterocycles. The van der Waals surface area contributed by atoms with Gasteiger partial charge in [0.25, 0.3) is 0 Å². The van der Waals surface area contributed by atoms with Crippen LogP contribution in [0, 0.1) is 6.92 Å². The topological polar surface area (TPSA) is 37.3 Å². The van der Waals surface area contributed by atoms with Gasteiger partial charge in [0.1, 0.15) is 0 Å². The van der Waals surface area contributed by atoms with Crippen molar-refractivity contribution in [3.8, 4) is 0 Å². The Bertz CT molecular complexity index is 292. The number of aryl methyl sites for hydroxylation is 1. The number of aliphatic carboxylic acids is 1. The first-order valence-electron chi connectivity index (χ1n) is 3.90. The molecule has 2 heteroatoms. The summed E-state index contributed by atoms with van der Waals surface area (Å²) in [6, 6.07) is 7.58. The summed E-state index contributed by atoms with van der Waals surface area (Å²) in [4.78, 5) is 10.6. The van der Waals surface area contributed by atoms with Crippen molar-refractivity contribution in [1.29, 1.82) is 0 Å². The first kappa shape index (κ1) is 8.78. The molecule has 0 spiro atoms. The largest absolute Gasteiger partial charge is 0.481 e. The molecule has 0 unspecified atom stereocenters. The number of hydrogen-bond donors (Lipinski definition) is 1. The summed E-state index contributed by atoms with van der Waals surface area (Å²) in [6.45, 7) is 3.65.